The lowest BCUT2D eigenvalue weighted by Crippen LogP contribution is -2.24. The van der Waals surface area contributed by atoms with Gasteiger partial charge in [0, 0.05) is 12.6 Å². The van der Waals surface area contributed by atoms with Crippen LogP contribution < -0.4 is 0 Å². The fourth-order valence-corrected chi connectivity index (χ4v) is 2.54. The third-order valence-corrected chi connectivity index (χ3v) is 3.79. The Morgan fingerprint density at radius 1 is 1.06 bits per heavy atom. The van der Waals surface area contributed by atoms with Crippen molar-refractivity contribution in [2.75, 3.05) is 13.6 Å². The second-order valence-electron chi connectivity index (χ2n) is 4.84. The molecule has 1 atom stereocenters. The van der Waals surface area contributed by atoms with Crippen LogP contribution in [0.1, 0.15) is 12.5 Å². The maximum atomic E-state index is 2.37. The molecule has 0 saturated carbocycles. The molecule has 1 nitrogen and oxygen atoms in total. The van der Waals surface area contributed by atoms with Crippen LogP contribution in [0.3, 0.4) is 0 Å². The predicted molar refractivity (Wildman–Crippen MR) is 74.0 cm³/mol. The molecule has 2 aromatic rings. The highest BCUT2D eigenvalue weighted by molar-refractivity contribution is 5.87. The lowest BCUT2D eigenvalue weighted by Gasteiger charge is -2.18. The molecule has 17 heavy (non-hydrogen) atoms. The van der Waals surface area contributed by atoms with Gasteiger partial charge in [0.05, 0.1) is 0 Å². The average molecular weight is 223 g/mol. The van der Waals surface area contributed by atoms with E-state index < -0.39 is 0 Å². The van der Waals surface area contributed by atoms with E-state index in [1.165, 1.54) is 21.9 Å². The van der Waals surface area contributed by atoms with Gasteiger partial charge in [-0.3, -0.25) is 4.90 Å². The van der Waals surface area contributed by atoms with Gasteiger partial charge < -0.3 is 0 Å². The summed E-state index contributed by atoms with van der Waals surface area (Å²) in [7, 11) is 2.18. The average Bonchev–Trinajstić information content (AvgIpc) is 2.70. The van der Waals surface area contributed by atoms with Crippen molar-refractivity contribution in [3.05, 3.63) is 54.1 Å². The van der Waals surface area contributed by atoms with Crippen LogP contribution in [0.2, 0.25) is 0 Å². The summed E-state index contributed by atoms with van der Waals surface area (Å²) in [5.41, 5.74) is 2.82. The van der Waals surface area contributed by atoms with Crippen LogP contribution in [0, 0.1) is 0 Å². The molecule has 0 N–H and O–H groups in total. The first-order valence-electron chi connectivity index (χ1n) is 6.15. The molecule has 86 valence electrons. The molecule has 0 aromatic heterocycles. The quantitative estimate of drug-likeness (QED) is 0.714. The van der Waals surface area contributed by atoms with Gasteiger partial charge in [0.25, 0.3) is 0 Å². The van der Waals surface area contributed by atoms with Crippen LogP contribution in [0.15, 0.2) is 48.5 Å². The Labute approximate surface area is 102 Å². The summed E-state index contributed by atoms with van der Waals surface area (Å²) in [6.45, 7) is 3.33. The van der Waals surface area contributed by atoms with Crippen molar-refractivity contribution in [2.45, 2.75) is 13.0 Å². The highest BCUT2D eigenvalue weighted by Crippen LogP contribution is 2.28. The third kappa shape index (κ3) is 1.77. The molecule has 3 rings (SSSR count). The molecule has 1 heterocycles. The Balaban J connectivity index is 2.07. The summed E-state index contributed by atoms with van der Waals surface area (Å²) in [5, 5.41) is 2.64. The van der Waals surface area contributed by atoms with Crippen LogP contribution in [-0.4, -0.2) is 24.5 Å². The Hall–Kier alpha value is -1.60. The van der Waals surface area contributed by atoms with E-state index >= 15 is 0 Å². The Morgan fingerprint density at radius 2 is 1.82 bits per heavy atom. The predicted octanol–water partition coefficient (Wildman–Crippen LogP) is 3.56. The molecular formula is C16H17N. The van der Waals surface area contributed by atoms with E-state index in [0.29, 0.717) is 6.04 Å². The van der Waals surface area contributed by atoms with E-state index in [1.54, 1.807) is 0 Å². The fraction of sp³-hybridized carbons (Fsp3) is 0.250. The molecule has 0 radical (unpaired) electrons. The number of likely N-dealkylation sites (N-methyl/N-ethyl adjacent to an activating group) is 1. The highest BCUT2D eigenvalue weighted by atomic mass is 15.1. The summed E-state index contributed by atoms with van der Waals surface area (Å²) >= 11 is 0. The molecule has 0 aliphatic carbocycles. The van der Waals surface area contributed by atoms with Crippen LogP contribution in [0.5, 0.6) is 0 Å². The number of nitrogens with zero attached hydrogens (tertiary/aromatic N) is 1. The Bertz CT molecular complexity index is 583. The van der Waals surface area contributed by atoms with Crippen LogP contribution in [-0.2, 0) is 0 Å². The maximum absolute atomic E-state index is 2.37. The summed E-state index contributed by atoms with van der Waals surface area (Å²) in [5.74, 6) is 0. The molecular weight excluding hydrogens is 206 g/mol. The lowest BCUT2D eigenvalue weighted by molar-refractivity contribution is 0.357. The van der Waals surface area contributed by atoms with Crippen LogP contribution >= 0.6 is 0 Å². The lowest BCUT2D eigenvalue weighted by atomic mass is 9.98. The zero-order valence-electron chi connectivity index (χ0n) is 10.4. The first kappa shape index (κ1) is 10.5. The summed E-state index contributed by atoms with van der Waals surface area (Å²) in [4.78, 5) is 2.37. The van der Waals surface area contributed by atoms with Crippen molar-refractivity contribution < 1.29 is 0 Å². The van der Waals surface area contributed by atoms with Crippen molar-refractivity contribution in [1.29, 1.82) is 0 Å². The summed E-state index contributed by atoms with van der Waals surface area (Å²) < 4.78 is 0. The molecule has 1 heteroatoms. The Kier molecular flexibility index (Phi) is 2.49. The van der Waals surface area contributed by atoms with Gasteiger partial charge in [-0.15, -0.1) is 0 Å². The second kappa shape index (κ2) is 4.01. The zero-order valence-corrected chi connectivity index (χ0v) is 10.4. The first-order chi connectivity index (χ1) is 8.25. The maximum Gasteiger partial charge on any atom is 0.0323 e. The van der Waals surface area contributed by atoms with E-state index in [0.717, 1.165) is 6.54 Å². The van der Waals surface area contributed by atoms with Gasteiger partial charge in [-0.25, -0.2) is 0 Å². The summed E-state index contributed by atoms with van der Waals surface area (Å²) in [6.07, 6.45) is 2.34. The first-order valence-corrected chi connectivity index (χ1v) is 6.15. The third-order valence-electron chi connectivity index (χ3n) is 3.79. The molecule has 0 unspecified atom stereocenters. The molecule has 2 aromatic carbocycles. The summed E-state index contributed by atoms with van der Waals surface area (Å²) in [6, 6.07) is 15.8. The zero-order chi connectivity index (χ0) is 11.8. The van der Waals surface area contributed by atoms with Crippen molar-refractivity contribution >= 4 is 16.3 Å². The molecule has 0 fully saturated rings. The second-order valence-corrected chi connectivity index (χ2v) is 4.84. The minimum absolute atomic E-state index is 0.524. The number of benzene rings is 2. The molecule has 0 spiro atoms. The number of hydrogen-bond acceptors (Lipinski definition) is 1. The van der Waals surface area contributed by atoms with Crippen molar-refractivity contribution in [3.63, 3.8) is 0 Å². The van der Waals surface area contributed by atoms with Crippen LogP contribution in [0.25, 0.3) is 16.3 Å². The van der Waals surface area contributed by atoms with E-state index in [4.69, 9.17) is 0 Å². The Morgan fingerprint density at radius 3 is 2.53 bits per heavy atom. The number of rotatable bonds is 1. The van der Waals surface area contributed by atoms with Gasteiger partial charge in [-0.2, -0.15) is 0 Å². The standard InChI is InChI=1S/C16H17N/c1-12-16(9-10-17(12)2)15-8-7-13-5-3-4-6-14(13)11-15/h3-9,11-12H,10H2,1-2H3/t12-/m0/s1. The molecule has 0 saturated heterocycles. The fourth-order valence-electron chi connectivity index (χ4n) is 2.54. The monoisotopic (exact) mass is 223 g/mol. The SMILES string of the molecule is C[C@H]1C(c2ccc3ccccc3c2)=CCN1C. The number of hydrogen-bond donors (Lipinski definition) is 0. The van der Waals surface area contributed by atoms with Crippen molar-refractivity contribution in [2.24, 2.45) is 0 Å². The smallest absolute Gasteiger partial charge is 0.0323 e. The van der Waals surface area contributed by atoms with Gasteiger partial charge in [-0.05, 0) is 41.9 Å². The van der Waals surface area contributed by atoms with Crippen LogP contribution in [0.4, 0.5) is 0 Å². The molecule has 0 bridgehead atoms. The largest absolute Gasteiger partial charge is 0.296 e. The van der Waals surface area contributed by atoms with E-state index in [2.05, 4.69) is 67.4 Å². The van der Waals surface area contributed by atoms with Gasteiger partial charge >= 0.3 is 0 Å². The minimum Gasteiger partial charge on any atom is -0.296 e. The number of fused-ring (bicyclic) bond motifs is 1. The molecule has 0 amide bonds. The van der Waals surface area contributed by atoms with Gasteiger partial charge in [-0.1, -0.05) is 42.5 Å². The van der Waals surface area contributed by atoms with E-state index in [9.17, 15) is 0 Å². The highest BCUT2D eigenvalue weighted by Gasteiger charge is 2.20. The molecule has 1 aliphatic heterocycles. The van der Waals surface area contributed by atoms with Crippen molar-refractivity contribution in [1.82, 2.24) is 4.90 Å². The van der Waals surface area contributed by atoms with Gasteiger partial charge in [0.15, 0.2) is 0 Å². The van der Waals surface area contributed by atoms with E-state index in [1.807, 2.05) is 0 Å². The van der Waals surface area contributed by atoms with Gasteiger partial charge in [0.2, 0.25) is 0 Å². The topological polar surface area (TPSA) is 3.24 Å². The van der Waals surface area contributed by atoms with E-state index in [-0.39, 0.29) is 0 Å². The van der Waals surface area contributed by atoms with Gasteiger partial charge in [0.1, 0.15) is 0 Å². The molecule has 1 aliphatic rings. The minimum atomic E-state index is 0.524. The van der Waals surface area contributed by atoms with Crippen molar-refractivity contribution in [3.8, 4) is 0 Å². The normalized spacial score (nSPS) is 20.8.